The van der Waals surface area contributed by atoms with E-state index >= 15 is 0 Å². The van der Waals surface area contributed by atoms with Gasteiger partial charge in [-0.2, -0.15) is 0 Å². The van der Waals surface area contributed by atoms with E-state index in [9.17, 15) is 176 Å². The number of nitrogens with zero attached hydrogens (tertiary/aromatic N) is 3. The van der Waals surface area contributed by atoms with Crippen LogP contribution in [0.5, 0.6) is 0 Å². The molecule has 6 nitrogen and oxygen atoms in total. The van der Waals surface area contributed by atoms with Crippen LogP contribution in [0.3, 0.4) is 0 Å². The minimum absolute atomic E-state index is 0.219. The predicted octanol–water partition coefficient (Wildman–Crippen LogP) is 28.0. The van der Waals surface area contributed by atoms with Gasteiger partial charge in [-0.1, -0.05) is 0 Å². The summed E-state index contributed by atoms with van der Waals surface area (Å²) >= 11 is 0. The van der Waals surface area contributed by atoms with E-state index in [-0.39, 0.29) is 49.9 Å². The molecular formula is C84H84BF40N3O3. The molecule has 0 fully saturated rings. The number of hydrogen-bond acceptors (Lipinski definition) is 6. The second kappa shape index (κ2) is 43.0. The quantitative estimate of drug-likeness (QED) is 0.0706. The van der Waals surface area contributed by atoms with Crippen molar-refractivity contribution >= 4 is 7.32 Å². The first-order valence-corrected chi connectivity index (χ1v) is 36.8. The average Bonchev–Trinajstić information content (AvgIpc) is 0.755. The Morgan fingerprint density at radius 1 is 0.115 bits per heavy atom. The van der Waals surface area contributed by atoms with Gasteiger partial charge in [-0.05, 0) is 187 Å². The van der Waals surface area contributed by atoms with E-state index in [1.807, 2.05) is 0 Å². The van der Waals surface area contributed by atoms with Crippen molar-refractivity contribution in [2.45, 2.75) is 237 Å². The van der Waals surface area contributed by atoms with Crippen LogP contribution in [-0.4, -0.2) is 86.9 Å². The maximum absolute atomic E-state index is 13.4. The summed E-state index contributed by atoms with van der Waals surface area (Å²) in [6.45, 7) is 61.6. The Morgan fingerprint density at radius 2 is 0.153 bits per heavy atom. The van der Waals surface area contributed by atoms with Crippen molar-refractivity contribution in [3.63, 3.8) is 0 Å². The summed E-state index contributed by atoms with van der Waals surface area (Å²) in [6, 6.07) is 0. The molecular weight excluding hydrogens is 1870 g/mol. The van der Waals surface area contributed by atoms with Crippen molar-refractivity contribution in [3.05, 3.63) is 233 Å². The fourth-order valence-corrected chi connectivity index (χ4v) is 15.7. The lowest BCUT2D eigenvalue weighted by Gasteiger charge is -2.53. The maximum Gasteiger partial charge on any atom is 0.631 e. The van der Waals surface area contributed by atoms with Gasteiger partial charge in [0.25, 0.3) is 0 Å². The molecule has 0 radical (unpaired) electrons. The van der Waals surface area contributed by atoms with E-state index in [0.717, 1.165) is 0 Å². The van der Waals surface area contributed by atoms with Crippen molar-refractivity contribution in [2.24, 2.45) is 0 Å². The highest BCUT2D eigenvalue weighted by Crippen LogP contribution is 2.45. The summed E-state index contributed by atoms with van der Waals surface area (Å²) in [7, 11) is -2.17. The lowest BCUT2D eigenvalue weighted by molar-refractivity contribution is -0.0409. The molecule has 8 aromatic rings. The standard InChI is InChI=1S/4C12F10.3C12H27N.BH3O3/c4*13-3-1(4(14)8(18)11(21)7(3)17)2-5(15)9(19)12(22)10(20)6(2)16;3*1-10(2,3)13(11(4,5)6)12(7,8)9;2-1(3)4/h;;;;3*1-9H3;2-4H. The second-order valence-corrected chi connectivity index (χ2v) is 36.4. The first kappa shape index (κ1) is 120. The van der Waals surface area contributed by atoms with Crippen molar-refractivity contribution in [3.8, 4) is 44.5 Å². The molecule has 0 saturated heterocycles. The van der Waals surface area contributed by atoms with Crippen molar-refractivity contribution in [2.75, 3.05) is 0 Å². The van der Waals surface area contributed by atoms with Crippen LogP contribution >= 0.6 is 0 Å². The molecule has 131 heavy (non-hydrogen) atoms. The summed E-state index contributed by atoms with van der Waals surface area (Å²) in [6.07, 6.45) is 0. The van der Waals surface area contributed by atoms with E-state index in [1.165, 1.54) is 0 Å². The van der Waals surface area contributed by atoms with Crippen molar-refractivity contribution < 1.29 is 191 Å². The molecule has 47 heteroatoms. The number of rotatable bonds is 4. The Kier molecular flexibility index (Phi) is 39.3. The third-order valence-electron chi connectivity index (χ3n) is 16.7. The van der Waals surface area contributed by atoms with Gasteiger partial charge in [0.1, 0.15) is 0 Å². The minimum atomic E-state index is -2.68. The Balaban J connectivity index is 0.000000768. The topological polar surface area (TPSA) is 70.4 Å². The number of halogens is 40. The molecule has 0 unspecified atom stereocenters. The van der Waals surface area contributed by atoms with Crippen LogP contribution in [0, 0.1) is 233 Å². The van der Waals surface area contributed by atoms with Crippen LogP contribution in [0.1, 0.15) is 187 Å². The number of hydrogen-bond donors (Lipinski definition) is 3. The third-order valence-corrected chi connectivity index (χ3v) is 16.7. The summed E-state index contributed by atoms with van der Waals surface area (Å²) in [5.41, 5.74) is -16.1. The van der Waals surface area contributed by atoms with Gasteiger partial charge in [0, 0.05) is 49.9 Å². The van der Waals surface area contributed by atoms with E-state index in [1.54, 1.807) is 0 Å². The molecule has 0 saturated carbocycles. The van der Waals surface area contributed by atoms with Gasteiger partial charge in [-0.25, -0.2) is 176 Å². The normalized spacial score (nSPS) is 12.3. The van der Waals surface area contributed by atoms with E-state index < -0.39 is 285 Å². The molecule has 0 bridgehead atoms. The lowest BCUT2D eigenvalue weighted by atomic mass is 9.88. The molecule has 0 aromatic heterocycles. The maximum atomic E-state index is 13.4. The molecule has 0 aliphatic carbocycles. The molecule has 0 atom stereocenters. The summed E-state index contributed by atoms with van der Waals surface area (Å²) in [5.74, 6) is -107. The summed E-state index contributed by atoms with van der Waals surface area (Å²) in [5, 5.41) is 21.5. The third kappa shape index (κ3) is 26.7. The zero-order valence-corrected chi connectivity index (χ0v) is 73.9. The second-order valence-electron chi connectivity index (χ2n) is 36.4. The van der Waals surface area contributed by atoms with Gasteiger partial charge in [-0.15, -0.1) is 0 Å². The Hall–Kier alpha value is -9.22. The Bertz CT molecular complexity index is 4280. The highest BCUT2D eigenvalue weighted by atomic mass is 19.2. The molecule has 0 amide bonds. The smallest absolute Gasteiger partial charge is 0.402 e. The van der Waals surface area contributed by atoms with Crippen LogP contribution in [0.15, 0.2) is 0 Å². The van der Waals surface area contributed by atoms with Gasteiger partial charge in [0.05, 0.1) is 44.5 Å². The first-order valence-electron chi connectivity index (χ1n) is 36.8. The minimum Gasteiger partial charge on any atom is -0.402 e. The summed E-state index contributed by atoms with van der Waals surface area (Å²) in [4.78, 5) is 7.69. The van der Waals surface area contributed by atoms with Crippen molar-refractivity contribution in [1.82, 2.24) is 14.7 Å². The molecule has 736 valence electrons. The van der Waals surface area contributed by atoms with Gasteiger partial charge < -0.3 is 15.1 Å². The largest absolute Gasteiger partial charge is 0.631 e. The molecule has 0 aliphatic heterocycles. The first-order chi connectivity index (χ1) is 58.3. The Labute approximate surface area is 724 Å². The van der Waals surface area contributed by atoms with Crippen molar-refractivity contribution in [1.29, 1.82) is 0 Å². The fourth-order valence-electron chi connectivity index (χ4n) is 15.7. The molecule has 0 heterocycles. The van der Waals surface area contributed by atoms with E-state index in [4.69, 9.17) is 15.1 Å². The van der Waals surface area contributed by atoms with Crippen LogP contribution in [0.4, 0.5) is 176 Å². The van der Waals surface area contributed by atoms with Gasteiger partial charge in [0.2, 0.25) is 46.5 Å². The van der Waals surface area contributed by atoms with Crippen LogP contribution in [-0.2, 0) is 0 Å². The highest BCUT2D eigenvalue weighted by Gasteiger charge is 2.45. The number of benzene rings is 8. The van der Waals surface area contributed by atoms with E-state index in [2.05, 4.69) is 202 Å². The zero-order valence-electron chi connectivity index (χ0n) is 73.9. The highest BCUT2D eigenvalue weighted by molar-refractivity contribution is 6.30. The summed E-state index contributed by atoms with van der Waals surface area (Å²) < 4.78 is 525. The zero-order chi connectivity index (χ0) is 105. The van der Waals surface area contributed by atoms with Crippen LogP contribution < -0.4 is 0 Å². The monoisotopic (exact) mass is 1950 g/mol. The average molecular weight is 1950 g/mol. The molecule has 0 spiro atoms. The SMILES string of the molecule is CC(C)(C)N(C(C)(C)C)C(C)(C)C.CC(C)(C)N(C(C)(C)C)C(C)(C)C.CC(C)(C)N(C(C)(C)C)C(C)(C)C.Fc1c(F)c(F)c(-c2c(F)c(F)c(F)c(F)c2F)c(F)c1F.Fc1c(F)c(F)c(-c2c(F)c(F)c(F)c(F)c2F)c(F)c1F.Fc1c(F)c(F)c(-c2c(F)c(F)c(F)c(F)c2F)c(F)c1F.Fc1c(F)c(F)c(-c2c(F)c(F)c(F)c(F)c2F)c(F)c1F.OB(O)O. The van der Waals surface area contributed by atoms with E-state index in [0.29, 0.717) is 0 Å². The fraction of sp³-hybridized carbons (Fsp3) is 0.429. The Morgan fingerprint density at radius 3 is 0.183 bits per heavy atom. The van der Waals surface area contributed by atoms with Crippen LogP contribution in [0.25, 0.3) is 44.5 Å². The van der Waals surface area contributed by atoms with Gasteiger partial charge in [0.15, 0.2) is 186 Å². The lowest BCUT2D eigenvalue weighted by Crippen LogP contribution is -2.61. The van der Waals surface area contributed by atoms with Crippen LogP contribution in [0.2, 0.25) is 0 Å². The molecule has 8 rings (SSSR count). The molecule has 8 aromatic carbocycles. The molecule has 0 aliphatic rings. The predicted molar refractivity (Wildman–Crippen MR) is 402 cm³/mol. The van der Waals surface area contributed by atoms with Gasteiger partial charge in [-0.3, -0.25) is 14.7 Å². The van der Waals surface area contributed by atoms with Gasteiger partial charge >= 0.3 is 7.32 Å². The molecule has 3 N–H and O–H groups in total.